The van der Waals surface area contributed by atoms with E-state index in [1.807, 2.05) is 35.2 Å². The van der Waals surface area contributed by atoms with Gasteiger partial charge >= 0.3 is 6.18 Å². The predicted octanol–water partition coefficient (Wildman–Crippen LogP) is 2.43. The van der Waals surface area contributed by atoms with E-state index in [1.165, 1.54) is 6.20 Å². The summed E-state index contributed by atoms with van der Waals surface area (Å²) in [6, 6.07) is 14.4. The number of hydrogen-bond donors (Lipinski definition) is 2. The quantitative estimate of drug-likeness (QED) is 0.435. The van der Waals surface area contributed by atoms with Gasteiger partial charge in [0.25, 0.3) is 5.91 Å². The van der Waals surface area contributed by atoms with Crippen molar-refractivity contribution in [2.24, 2.45) is 5.92 Å². The van der Waals surface area contributed by atoms with Crippen molar-refractivity contribution in [3.8, 4) is 11.8 Å². The van der Waals surface area contributed by atoms with Gasteiger partial charge in [-0.1, -0.05) is 30.3 Å². The van der Waals surface area contributed by atoms with E-state index in [4.69, 9.17) is 10.00 Å². The Morgan fingerprint density at radius 1 is 1.07 bits per heavy atom. The summed E-state index contributed by atoms with van der Waals surface area (Å²) in [7, 11) is 0. The highest BCUT2D eigenvalue weighted by atomic mass is 19.4. The van der Waals surface area contributed by atoms with E-state index in [2.05, 4.69) is 20.8 Å². The molecule has 14 heteroatoms. The van der Waals surface area contributed by atoms with E-state index in [0.29, 0.717) is 43.3 Å². The molecule has 2 aromatic carbocycles. The maximum absolute atomic E-state index is 14.0. The van der Waals surface area contributed by atoms with Crippen LogP contribution in [0.25, 0.3) is 0 Å². The molecule has 0 spiro atoms. The lowest BCUT2D eigenvalue weighted by molar-refractivity contribution is -0.202. The lowest BCUT2D eigenvalue weighted by atomic mass is 9.94. The topological polar surface area (TPSA) is 127 Å². The van der Waals surface area contributed by atoms with Crippen molar-refractivity contribution in [3.05, 3.63) is 83.3 Å². The van der Waals surface area contributed by atoms with Gasteiger partial charge in [-0.25, -0.2) is 15.4 Å². The molecular formula is C30H29F3N8O3. The molecule has 2 amide bonds. The number of fused-ring (bicyclic) bond motifs is 1. The lowest BCUT2D eigenvalue weighted by Crippen LogP contribution is -2.64. The van der Waals surface area contributed by atoms with Crippen LogP contribution in [0.3, 0.4) is 0 Å². The third kappa shape index (κ3) is 5.88. The molecule has 3 atom stereocenters. The van der Waals surface area contributed by atoms with Crippen molar-refractivity contribution in [2.45, 2.75) is 24.8 Å². The van der Waals surface area contributed by atoms with Crippen molar-refractivity contribution in [1.82, 2.24) is 30.6 Å². The van der Waals surface area contributed by atoms with Crippen molar-refractivity contribution < 1.29 is 27.5 Å². The second-order valence-electron chi connectivity index (χ2n) is 10.8. The van der Waals surface area contributed by atoms with Gasteiger partial charge in [0.05, 0.1) is 18.4 Å². The van der Waals surface area contributed by atoms with Gasteiger partial charge in [-0.3, -0.25) is 19.9 Å². The number of piperazine rings is 1. The van der Waals surface area contributed by atoms with Gasteiger partial charge in [0.2, 0.25) is 5.91 Å². The second kappa shape index (κ2) is 12.1. The minimum absolute atomic E-state index is 0.0294. The van der Waals surface area contributed by atoms with Gasteiger partial charge in [-0.2, -0.15) is 18.4 Å². The zero-order valence-electron chi connectivity index (χ0n) is 23.5. The van der Waals surface area contributed by atoms with Gasteiger partial charge in [0.15, 0.2) is 11.6 Å². The molecule has 6 rings (SSSR count). The number of rotatable bonds is 6. The molecule has 2 fully saturated rings. The fraction of sp³-hybridized carbons (Fsp3) is 0.367. The average Bonchev–Trinajstić information content (AvgIpc) is 3.41. The molecule has 4 heterocycles. The summed E-state index contributed by atoms with van der Waals surface area (Å²) in [6.07, 6.45) is -1.75. The number of aromatic nitrogens is 2. The SMILES string of the molecule is N#Cc1cnc(N2CCN(C(=O)c3cccc(OCC4c5ccccc5CN4C4CNNC(=O)C4C(F)(F)F)c3)CC2)cn1. The molecule has 2 saturated heterocycles. The molecule has 0 aliphatic carbocycles. The Balaban J connectivity index is 1.13. The number of carbonyl (C=O) groups is 2. The third-order valence-corrected chi connectivity index (χ3v) is 8.27. The monoisotopic (exact) mass is 606 g/mol. The maximum Gasteiger partial charge on any atom is 0.402 e. The lowest BCUT2D eigenvalue weighted by Gasteiger charge is -2.40. The number of nitriles is 1. The fourth-order valence-electron chi connectivity index (χ4n) is 6.07. The largest absolute Gasteiger partial charge is 0.492 e. The first-order valence-electron chi connectivity index (χ1n) is 14.1. The van der Waals surface area contributed by atoms with Crippen LogP contribution in [0.2, 0.25) is 0 Å². The van der Waals surface area contributed by atoms with E-state index in [9.17, 15) is 22.8 Å². The molecule has 3 unspecified atom stereocenters. The molecule has 0 bridgehead atoms. The average molecular weight is 607 g/mol. The number of benzene rings is 2. The van der Waals surface area contributed by atoms with Gasteiger partial charge in [-0.15, -0.1) is 0 Å². The van der Waals surface area contributed by atoms with Crippen LogP contribution < -0.4 is 20.5 Å². The van der Waals surface area contributed by atoms with Crippen LogP contribution in [0.1, 0.15) is 33.2 Å². The molecule has 0 radical (unpaired) electrons. The molecule has 3 aromatic rings. The third-order valence-electron chi connectivity index (χ3n) is 8.27. The molecule has 11 nitrogen and oxygen atoms in total. The summed E-state index contributed by atoms with van der Waals surface area (Å²) >= 11 is 0. The van der Waals surface area contributed by atoms with Crippen molar-refractivity contribution >= 4 is 17.6 Å². The molecule has 3 aliphatic rings. The zero-order valence-corrected chi connectivity index (χ0v) is 23.5. The molecule has 3 aliphatic heterocycles. The number of halogens is 3. The van der Waals surface area contributed by atoms with E-state index in [-0.39, 0.29) is 31.3 Å². The Labute approximate surface area is 251 Å². The Hall–Kier alpha value is -4.74. The maximum atomic E-state index is 14.0. The molecule has 1 aromatic heterocycles. The first kappa shape index (κ1) is 29.3. The predicted molar refractivity (Wildman–Crippen MR) is 151 cm³/mol. The van der Waals surface area contributed by atoms with Crippen molar-refractivity contribution in [3.63, 3.8) is 0 Å². The van der Waals surface area contributed by atoms with E-state index in [1.54, 1.807) is 40.3 Å². The zero-order chi connectivity index (χ0) is 30.8. The van der Waals surface area contributed by atoms with Crippen LogP contribution in [-0.2, 0) is 11.3 Å². The smallest absolute Gasteiger partial charge is 0.402 e. The highest BCUT2D eigenvalue weighted by Crippen LogP contribution is 2.41. The minimum atomic E-state index is -4.72. The normalized spacial score (nSPS) is 22.2. The molecule has 2 N–H and O–H groups in total. The van der Waals surface area contributed by atoms with E-state index < -0.39 is 30.1 Å². The summed E-state index contributed by atoms with van der Waals surface area (Å²) in [5.41, 5.74) is 7.12. The Kier molecular flexibility index (Phi) is 8.07. The van der Waals surface area contributed by atoms with E-state index in [0.717, 1.165) is 11.1 Å². The summed E-state index contributed by atoms with van der Waals surface area (Å²) in [5.74, 6) is -2.41. The van der Waals surface area contributed by atoms with Gasteiger partial charge in [0, 0.05) is 50.9 Å². The van der Waals surface area contributed by atoms with Crippen molar-refractivity contribution in [1.29, 1.82) is 5.26 Å². The van der Waals surface area contributed by atoms with Crippen LogP contribution >= 0.6 is 0 Å². The van der Waals surface area contributed by atoms with Gasteiger partial charge in [-0.05, 0) is 29.3 Å². The highest BCUT2D eigenvalue weighted by Gasteiger charge is 2.55. The highest BCUT2D eigenvalue weighted by molar-refractivity contribution is 5.94. The second-order valence-corrected chi connectivity index (χ2v) is 10.8. The first-order valence-corrected chi connectivity index (χ1v) is 14.1. The summed E-state index contributed by atoms with van der Waals surface area (Å²) in [4.78, 5) is 39.4. The van der Waals surface area contributed by atoms with E-state index >= 15 is 0 Å². The molecule has 0 saturated carbocycles. The number of hydrogen-bond acceptors (Lipinski definition) is 9. The number of hydrazine groups is 1. The Bertz CT molecular complexity index is 1570. The van der Waals surface area contributed by atoms with Crippen LogP contribution in [0.4, 0.5) is 19.0 Å². The standard InChI is InChI=1S/C30H29F3N8O3/c31-30(32,33)27-24(15-37-38-28(27)42)41-17-20-4-1-2-7-23(20)25(41)18-44-22-6-3-5-19(12-22)29(43)40-10-8-39(9-11-40)26-16-35-21(13-34)14-36-26/h1-7,12,14,16,24-25,27,37H,8-11,15,17-18H2,(H,38,42). The summed E-state index contributed by atoms with van der Waals surface area (Å²) < 4.78 is 48.2. The van der Waals surface area contributed by atoms with Crippen molar-refractivity contribution in [2.75, 3.05) is 44.2 Å². The van der Waals surface area contributed by atoms with Crippen LogP contribution in [0, 0.1) is 17.2 Å². The molecule has 228 valence electrons. The van der Waals surface area contributed by atoms with Gasteiger partial charge in [0.1, 0.15) is 24.2 Å². The number of ether oxygens (including phenoxy) is 1. The van der Waals surface area contributed by atoms with Crippen LogP contribution in [0.5, 0.6) is 5.75 Å². The van der Waals surface area contributed by atoms with Crippen LogP contribution in [0.15, 0.2) is 60.9 Å². The first-order chi connectivity index (χ1) is 21.2. The minimum Gasteiger partial charge on any atom is -0.492 e. The number of alkyl halides is 3. The fourth-order valence-corrected chi connectivity index (χ4v) is 6.07. The Morgan fingerprint density at radius 2 is 1.86 bits per heavy atom. The summed E-state index contributed by atoms with van der Waals surface area (Å²) in [5, 5.41) is 8.93. The number of anilines is 1. The van der Waals surface area contributed by atoms with Crippen LogP contribution in [-0.4, -0.2) is 83.1 Å². The number of carbonyl (C=O) groups excluding carboxylic acids is 2. The number of nitrogens with zero attached hydrogens (tertiary/aromatic N) is 6. The molecular weight excluding hydrogens is 577 g/mol. The molecule has 44 heavy (non-hydrogen) atoms. The van der Waals surface area contributed by atoms with Gasteiger partial charge < -0.3 is 14.5 Å². The summed E-state index contributed by atoms with van der Waals surface area (Å²) in [6.45, 7) is 2.22. The number of nitrogens with one attached hydrogen (secondary N) is 2. The number of amides is 2. The Morgan fingerprint density at radius 3 is 2.59 bits per heavy atom.